The first kappa shape index (κ1) is 18.1. The molecule has 0 aromatic carbocycles. The topological polar surface area (TPSA) is 0 Å². The summed E-state index contributed by atoms with van der Waals surface area (Å²) < 4.78 is -1.93. The van der Waals surface area contributed by atoms with Crippen LogP contribution in [0, 0.1) is 11.8 Å². The van der Waals surface area contributed by atoms with Crippen LogP contribution in [0.2, 0.25) is 0 Å². The molecule has 100 valence electrons. The van der Waals surface area contributed by atoms with Crippen molar-refractivity contribution in [1.82, 2.24) is 0 Å². The minimum Gasteiger partial charge on any atom is -0.0654 e. The van der Waals surface area contributed by atoms with Crippen molar-refractivity contribution in [2.24, 2.45) is 11.8 Å². The van der Waals surface area contributed by atoms with E-state index in [1.807, 2.05) is 0 Å². The van der Waals surface area contributed by atoms with Gasteiger partial charge in [0, 0.05) is 5.25 Å². The molecule has 3 atom stereocenters. The summed E-state index contributed by atoms with van der Waals surface area (Å²) in [6.45, 7) is 4.66. The summed E-state index contributed by atoms with van der Waals surface area (Å²) in [6.07, 6.45) is 7.06. The molecule has 0 aliphatic heterocycles. The average Bonchev–Trinajstić information content (AvgIpc) is 2.75. The Balaban J connectivity index is 2.79. The molecule has 3 unspecified atom stereocenters. The molecular weight excluding hydrogens is 787 g/mol. The first-order valence-electron chi connectivity index (χ1n) is 5.72. The highest BCUT2D eigenvalue weighted by molar-refractivity contribution is 14.7. The lowest BCUT2D eigenvalue weighted by molar-refractivity contribution is 0.587. The van der Waals surface area contributed by atoms with Crippen LogP contribution in [0.3, 0.4) is 0 Å². The lowest BCUT2D eigenvalue weighted by Crippen LogP contribution is -2.21. The molecule has 0 saturated heterocycles. The van der Waals surface area contributed by atoms with Crippen molar-refractivity contribution in [3.63, 3.8) is 0 Å². The van der Waals surface area contributed by atoms with E-state index in [0.29, 0.717) is 0 Å². The van der Waals surface area contributed by atoms with Crippen LogP contribution in [0.25, 0.3) is 0 Å². The summed E-state index contributed by atoms with van der Waals surface area (Å²) in [7, 11) is 0. The van der Waals surface area contributed by atoms with E-state index < -0.39 is -5.85 Å². The fraction of sp³-hybridized carbons (Fsp3) is 1.00. The summed E-state index contributed by atoms with van der Waals surface area (Å²) >= 11 is 13.9. The maximum atomic E-state index is 2.79. The van der Waals surface area contributed by atoms with Gasteiger partial charge in [0.1, 0.15) is 0 Å². The first-order valence-corrected chi connectivity index (χ1v) is 20.9. The van der Waals surface area contributed by atoms with Gasteiger partial charge in [-0.25, -0.2) is 0 Å². The molecule has 1 aliphatic carbocycles. The van der Waals surface area contributed by atoms with Gasteiger partial charge in [-0.2, -0.15) is 0 Å². The highest BCUT2D eigenvalue weighted by Crippen LogP contribution is 3.20. The zero-order valence-electron chi connectivity index (χ0n) is 9.57. The molecule has 1 saturated carbocycles. The van der Waals surface area contributed by atoms with Crippen LogP contribution in [-0.2, 0) is 0 Å². The summed E-state index contributed by atoms with van der Waals surface area (Å²) in [5, 5.41) is 0.921. The van der Waals surface area contributed by atoms with Crippen LogP contribution in [0.4, 0.5) is 0 Å². The molecule has 0 radical (unpaired) electrons. The molecule has 0 nitrogen and oxygen atoms in total. The molecule has 0 amide bonds. The molecule has 1 rings (SSSR count). The van der Waals surface area contributed by atoms with Crippen molar-refractivity contribution in [2.45, 2.75) is 51.2 Å². The smallest absolute Gasteiger partial charge is 0.0175 e. The monoisotopic (exact) mass is 806 g/mol. The van der Waals surface area contributed by atoms with Gasteiger partial charge in [-0.05, 0) is 131 Å². The Morgan fingerprint density at radius 1 is 1.06 bits per heavy atom. The maximum Gasteiger partial charge on any atom is 0.0175 e. The van der Waals surface area contributed by atoms with Crippen LogP contribution in [0.15, 0.2) is 0 Å². The van der Waals surface area contributed by atoms with Gasteiger partial charge in [-0.1, -0.05) is 27.3 Å². The first-order chi connectivity index (χ1) is 6.99. The van der Waals surface area contributed by atoms with E-state index >= 15 is 0 Å². The molecule has 0 heterocycles. The highest BCUT2D eigenvalue weighted by Gasteiger charge is 2.62. The number of halogens is 5. The summed E-state index contributed by atoms with van der Waals surface area (Å²) in [6, 6.07) is 0. The van der Waals surface area contributed by atoms with Crippen molar-refractivity contribution < 1.29 is 0 Å². The molecule has 0 bridgehead atoms. The summed E-state index contributed by atoms with van der Waals surface area (Å²) in [5.41, 5.74) is 0. The Hall–Kier alpha value is 4.00. The minimum absolute atomic E-state index is 0.921. The largest absolute Gasteiger partial charge is 0.0654 e. The van der Waals surface area contributed by atoms with Gasteiger partial charge in [0.15, 0.2) is 0 Å². The van der Waals surface area contributed by atoms with Crippen molar-refractivity contribution in [3.8, 4) is 0 Å². The Kier molecular flexibility index (Phi) is 6.38. The zero-order chi connectivity index (χ0) is 12.7. The molecule has 0 aromatic rings. The second-order valence-electron chi connectivity index (χ2n) is 4.80. The fourth-order valence-corrected chi connectivity index (χ4v) is 13.6. The molecular formula is C10H19I5S. The van der Waals surface area contributed by atoms with Gasteiger partial charge in [0.25, 0.3) is 0 Å². The third-order valence-electron chi connectivity index (χ3n) is 3.26. The van der Waals surface area contributed by atoms with E-state index in [4.69, 9.17) is 0 Å². The Labute approximate surface area is 160 Å². The van der Waals surface area contributed by atoms with Crippen molar-refractivity contribution in [3.05, 3.63) is 0 Å². The van der Waals surface area contributed by atoms with Gasteiger partial charge >= 0.3 is 0 Å². The normalized spacial score (nSPS) is 31.7. The predicted molar refractivity (Wildman–Crippen MR) is 123 cm³/mol. The van der Waals surface area contributed by atoms with Crippen molar-refractivity contribution in [2.75, 3.05) is 0 Å². The number of hydrogen-bond donors (Lipinski definition) is 0. The van der Waals surface area contributed by atoms with Crippen LogP contribution < -0.4 is 0 Å². The molecule has 1 aliphatic rings. The number of hydrogen-bond acceptors (Lipinski definition) is 0. The highest BCUT2D eigenvalue weighted by atomic mass is 127. The van der Waals surface area contributed by atoms with E-state index in [0.717, 1.165) is 17.1 Å². The lowest BCUT2D eigenvalue weighted by atomic mass is 10.1. The number of rotatable bonds is 6. The van der Waals surface area contributed by atoms with E-state index in [-0.39, 0.29) is 0 Å². The quantitative estimate of drug-likeness (QED) is 0.238. The Morgan fingerprint density at radius 2 is 1.62 bits per heavy atom. The van der Waals surface area contributed by atoms with Gasteiger partial charge in [-0.15, -0.1) is 0 Å². The van der Waals surface area contributed by atoms with Gasteiger partial charge in [0.2, 0.25) is 0 Å². The fourth-order valence-electron chi connectivity index (χ4n) is 2.48. The molecule has 0 N–H and O–H groups in total. The molecule has 1 fully saturated rings. The molecule has 6 heteroatoms. The van der Waals surface area contributed by atoms with E-state index in [2.05, 4.69) is 120 Å². The van der Waals surface area contributed by atoms with E-state index in [1.165, 1.54) is 32.1 Å². The minimum atomic E-state index is -1.93. The van der Waals surface area contributed by atoms with Gasteiger partial charge in [0.05, 0.1) is 0 Å². The lowest BCUT2D eigenvalue weighted by Gasteiger charge is -2.60. The third-order valence-corrected chi connectivity index (χ3v) is 14.8. The van der Waals surface area contributed by atoms with Gasteiger partial charge < -0.3 is 0 Å². The van der Waals surface area contributed by atoms with Crippen molar-refractivity contribution in [1.29, 1.82) is 0 Å². The second-order valence-corrected chi connectivity index (χ2v) is 92.1. The third kappa shape index (κ3) is 5.78. The Bertz CT molecular complexity index is 256. The standard InChI is InChI=1S/C10H19I5S/c1-3-5-8-7-9(8)10(6-4-2)16(11,12,13,14)15/h8-10H,3-7H2,1-2H3. The molecule has 0 spiro atoms. The Morgan fingerprint density at radius 3 is 2.00 bits per heavy atom. The van der Waals surface area contributed by atoms with Crippen LogP contribution in [-0.4, -0.2) is 5.25 Å². The maximum absolute atomic E-state index is 2.79. The zero-order valence-corrected chi connectivity index (χ0v) is 21.2. The van der Waals surface area contributed by atoms with Crippen molar-refractivity contribution >= 4 is 100 Å². The van der Waals surface area contributed by atoms with E-state index in [9.17, 15) is 0 Å². The second kappa shape index (κ2) is 5.65. The van der Waals surface area contributed by atoms with Crippen LogP contribution in [0.5, 0.6) is 0 Å². The average molecular weight is 806 g/mol. The molecule has 0 aromatic heterocycles. The summed E-state index contributed by atoms with van der Waals surface area (Å²) in [5.74, 6) is 2.06. The molecule has 16 heavy (non-hydrogen) atoms. The SMILES string of the molecule is CCCC1CC1C(CCC)S(I)(I)(I)(I)I. The summed E-state index contributed by atoms with van der Waals surface area (Å²) in [4.78, 5) is 0. The predicted octanol–water partition coefficient (Wildman–Crippen LogP) is 8.22. The van der Waals surface area contributed by atoms with Gasteiger partial charge in [-0.3, -0.25) is 0 Å². The van der Waals surface area contributed by atoms with Crippen LogP contribution >= 0.6 is 100 Å². The van der Waals surface area contributed by atoms with E-state index in [1.54, 1.807) is 0 Å². The van der Waals surface area contributed by atoms with Crippen LogP contribution in [0.1, 0.15) is 46.0 Å².